The van der Waals surface area contributed by atoms with Crippen molar-refractivity contribution in [3.8, 4) is 11.5 Å². The SMILES string of the molecule is C=CCN1C(=O)[C@H]2Cc3c([nH]c4ccccc34)[C@H](c3ccc(OC)c(OC)c3)N2C1=S. The van der Waals surface area contributed by atoms with Crippen LogP contribution >= 0.6 is 12.2 Å². The van der Waals surface area contributed by atoms with Gasteiger partial charge in [0.15, 0.2) is 16.6 Å². The van der Waals surface area contributed by atoms with E-state index in [9.17, 15) is 4.79 Å². The summed E-state index contributed by atoms with van der Waals surface area (Å²) in [7, 11) is 3.24. The fourth-order valence-corrected chi connectivity index (χ4v) is 5.19. The average Bonchev–Trinajstić information content (AvgIpc) is 3.28. The quantitative estimate of drug-likeness (QED) is 0.490. The number of aromatic amines is 1. The van der Waals surface area contributed by atoms with Crippen molar-refractivity contribution < 1.29 is 14.3 Å². The minimum atomic E-state index is -0.350. The molecule has 1 amide bonds. The second kappa shape index (κ2) is 7.42. The van der Waals surface area contributed by atoms with Crippen molar-refractivity contribution in [3.05, 3.63) is 71.9 Å². The molecule has 2 aliphatic heterocycles. The summed E-state index contributed by atoms with van der Waals surface area (Å²) >= 11 is 5.79. The molecule has 7 heteroatoms. The number of thiocarbonyl (C=S) groups is 1. The van der Waals surface area contributed by atoms with Crippen molar-refractivity contribution >= 4 is 34.1 Å². The molecule has 0 spiro atoms. The molecule has 1 N–H and O–H groups in total. The topological polar surface area (TPSA) is 57.8 Å². The van der Waals surface area contributed by atoms with Crippen LogP contribution in [0.25, 0.3) is 10.9 Å². The van der Waals surface area contributed by atoms with E-state index in [1.807, 2.05) is 30.3 Å². The van der Waals surface area contributed by atoms with Crippen LogP contribution in [-0.2, 0) is 11.2 Å². The van der Waals surface area contributed by atoms with Crippen LogP contribution in [0, 0.1) is 0 Å². The number of benzene rings is 2. The lowest BCUT2D eigenvalue weighted by Crippen LogP contribution is -2.44. The maximum atomic E-state index is 13.3. The van der Waals surface area contributed by atoms with Crippen molar-refractivity contribution in [2.45, 2.75) is 18.5 Å². The van der Waals surface area contributed by atoms with Crippen LogP contribution in [0.15, 0.2) is 55.1 Å². The average molecular weight is 434 g/mol. The molecule has 2 aliphatic rings. The number of methoxy groups -OCH3 is 2. The third-order valence-electron chi connectivity index (χ3n) is 6.17. The summed E-state index contributed by atoms with van der Waals surface area (Å²) in [5, 5.41) is 1.67. The predicted octanol–water partition coefficient (Wildman–Crippen LogP) is 3.81. The van der Waals surface area contributed by atoms with Gasteiger partial charge in [0.05, 0.1) is 20.3 Å². The number of carbonyl (C=O) groups excluding carboxylic acids is 1. The molecule has 1 aromatic heterocycles. The van der Waals surface area contributed by atoms with E-state index in [1.165, 1.54) is 0 Å². The van der Waals surface area contributed by atoms with Crippen LogP contribution in [0.5, 0.6) is 11.5 Å². The molecule has 5 rings (SSSR count). The first-order valence-electron chi connectivity index (χ1n) is 10.1. The Morgan fingerprint density at radius 2 is 1.97 bits per heavy atom. The number of carbonyl (C=O) groups is 1. The van der Waals surface area contributed by atoms with Gasteiger partial charge in [-0.2, -0.15) is 0 Å². The summed E-state index contributed by atoms with van der Waals surface area (Å²) in [5.74, 6) is 1.31. The molecular weight excluding hydrogens is 410 g/mol. The number of fused-ring (bicyclic) bond motifs is 4. The monoisotopic (exact) mass is 433 g/mol. The number of amides is 1. The number of nitrogens with zero attached hydrogens (tertiary/aromatic N) is 2. The molecular formula is C24H23N3O3S. The highest BCUT2D eigenvalue weighted by Gasteiger charge is 2.50. The van der Waals surface area contributed by atoms with E-state index in [4.69, 9.17) is 21.7 Å². The summed E-state index contributed by atoms with van der Waals surface area (Å²) < 4.78 is 11.0. The third kappa shape index (κ3) is 2.84. The van der Waals surface area contributed by atoms with Crippen molar-refractivity contribution in [2.75, 3.05) is 20.8 Å². The number of hydrogen-bond acceptors (Lipinski definition) is 4. The van der Waals surface area contributed by atoms with Gasteiger partial charge in [0.25, 0.3) is 5.91 Å². The Morgan fingerprint density at radius 3 is 2.71 bits per heavy atom. The van der Waals surface area contributed by atoms with E-state index in [0.717, 1.165) is 27.7 Å². The largest absolute Gasteiger partial charge is 0.493 e. The summed E-state index contributed by atoms with van der Waals surface area (Å²) in [6.07, 6.45) is 2.32. The Balaban J connectivity index is 1.73. The fraction of sp³-hybridized carbons (Fsp3) is 0.250. The molecule has 1 fully saturated rings. The zero-order valence-electron chi connectivity index (χ0n) is 17.4. The Labute approximate surface area is 186 Å². The molecule has 0 radical (unpaired) electrons. The van der Waals surface area contributed by atoms with Crippen LogP contribution in [0.2, 0.25) is 0 Å². The first-order chi connectivity index (χ1) is 15.1. The van der Waals surface area contributed by atoms with E-state index in [1.54, 1.807) is 25.2 Å². The maximum Gasteiger partial charge on any atom is 0.252 e. The van der Waals surface area contributed by atoms with Gasteiger partial charge in [0.1, 0.15) is 6.04 Å². The van der Waals surface area contributed by atoms with Gasteiger partial charge >= 0.3 is 0 Å². The summed E-state index contributed by atoms with van der Waals surface area (Å²) in [6.45, 7) is 4.19. The zero-order valence-corrected chi connectivity index (χ0v) is 18.2. The third-order valence-corrected chi connectivity index (χ3v) is 6.60. The molecule has 2 aromatic carbocycles. The lowest BCUT2D eigenvalue weighted by atomic mass is 9.89. The first-order valence-corrected chi connectivity index (χ1v) is 10.6. The Morgan fingerprint density at radius 1 is 1.19 bits per heavy atom. The van der Waals surface area contributed by atoms with Crippen molar-refractivity contribution in [1.82, 2.24) is 14.8 Å². The smallest absolute Gasteiger partial charge is 0.252 e. The minimum Gasteiger partial charge on any atom is -0.493 e. The molecule has 0 saturated carbocycles. The summed E-state index contributed by atoms with van der Waals surface area (Å²) in [6, 6.07) is 13.5. The number of H-pyrrole nitrogens is 1. The second-order valence-electron chi connectivity index (χ2n) is 7.73. The Kier molecular flexibility index (Phi) is 4.70. The van der Waals surface area contributed by atoms with Crippen LogP contribution in [-0.4, -0.2) is 52.6 Å². The molecule has 31 heavy (non-hydrogen) atoms. The highest BCUT2D eigenvalue weighted by molar-refractivity contribution is 7.80. The molecule has 158 valence electrons. The molecule has 3 aromatic rings. The zero-order chi connectivity index (χ0) is 21.7. The Bertz CT molecular complexity index is 1220. The normalized spacial score (nSPS) is 20.1. The fourth-order valence-electron chi connectivity index (χ4n) is 4.80. The number of rotatable bonds is 5. The number of para-hydroxylation sites is 1. The van der Waals surface area contributed by atoms with E-state index < -0.39 is 0 Å². The van der Waals surface area contributed by atoms with Gasteiger partial charge in [-0.25, -0.2) is 0 Å². The second-order valence-corrected chi connectivity index (χ2v) is 8.09. The number of hydrogen-bond donors (Lipinski definition) is 1. The molecule has 0 unspecified atom stereocenters. The molecule has 0 aliphatic carbocycles. The van der Waals surface area contributed by atoms with Gasteiger partial charge in [-0.05, 0) is 41.5 Å². The molecule has 2 atom stereocenters. The van der Waals surface area contributed by atoms with Crippen LogP contribution in [0.3, 0.4) is 0 Å². The van der Waals surface area contributed by atoms with E-state index in [0.29, 0.717) is 29.6 Å². The standard InChI is InChI=1S/C24H23N3O3S/c1-4-11-26-23(28)18-13-16-15-7-5-6-8-17(15)25-21(16)22(27(18)24(26)31)14-9-10-19(29-2)20(12-14)30-3/h4-10,12,18,22,25H,1,11,13H2,2-3H3/t18-,22+/m1/s1. The minimum absolute atomic E-state index is 0.0197. The van der Waals surface area contributed by atoms with Crippen LogP contribution in [0.1, 0.15) is 22.9 Å². The predicted molar refractivity (Wildman–Crippen MR) is 124 cm³/mol. The molecule has 1 saturated heterocycles. The van der Waals surface area contributed by atoms with Gasteiger partial charge < -0.3 is 19.4 Å². The highest BCUT2D eigenvalue weighted by atomic mass is 32.1. The van der Waals surface area contributed by atoms with Gasteiger partial charge in [-0.3, -0.25) is 9.69 Å². The lowest BCUT2D eigenvalue weighted by Gasteiger charge is -2.37. The Hall–Kier alpha value is -3.32. The maximum absolute atomic E-state index is 13.3. The molecule has 6 nitrogen and oxygen atoms in total. The number of nitrogens with one attached hydrogen (secondary N) is 1. The van der Waals surface area contributed by atoms with Gasteiger partial charge in [0, 0.05) is 29.6 Å². The van der Waals surface area contributed by atoms with E-state index in [2.05, 4.69) is 28.6 Å². The van der Waals surface area contributed by atoms with E-state index >= 15 is 0 Å². The molecule has 3 heterocycles. The lowest BCUT2D eigenvalue weighted by molar-refractivity contribution is -0.128. The number of aromatic nitrogens is 1. The van der Waals surface area contributed by atoms with Gasteiger partial charge in [-0.1, -0.05) is 30.3 Å². The number of ether oxygens (including phenoxy) is 2. The van der Waals surface area contributed by atoms with Crippen LogP contribution in [0.4, 0.5) is 0 Å². The van der Waals surface area contributed by atoms with Crippen molar-refractivity contribution in [2.24, 2.45) is 0 Å². The van der Waals surface area contributed by atoms with Crippen molar-refractivity contribution in [1.29, 1.82) is 0 Å². The molecule has 0 bridgehead atoms. The highest BCUT2D eigenvalue weighted by Crippen LogP contribution is 2.45. The summed E-state index contributed by atoms with van der Waals surface area (Å²) in [5.41, 5.74) is 4.25. The van der Waals surface area contributed by atoms with Gasteiger partial charge in [-0.15, -0.1) is 6.58 Å². The van der Waals surface area contributed by atoms with Crippen molar-refractivity contribution in [3.63, 3.8) is 0 Å². The van der Waals surface area contributed by atoms with Crippen LogP contribution < -0.4 is 9.47 Å². The van der Waals surface area contributed by atoms with E-state index in [-0.39, 0.29) is 18.0 Å². The first kappa shape index (κ1) is 19.6. The summed E-state index contributed by atoms with van der Waals surface area (Å²) in [4.78, 5) is 20.6. The van der Waals surface area contributed by atoms with Gasteiger partial charge in [0.2, 0.25) is 0 Å².